The molecule has 0 aliphatic carbocycles. The van der Waals surface area contributed by atoms with Crippen molar-refractivity contribution in [1.82, 2.24) is 0 Å². The molecule has 5 heteroatoms. The quantitative estimate of drug-likeness (QED) is 0.546. The van der Waals surface area contributed by atoms with Crippen molar-refractivity contribution in [2.24, 2.45) is 0 Å². The van der Waals surface area contributed by atoms with Gasteiger partial charge >= 0.3 is 40.8 Å². The van der Waals surface area contributed by atoms with E-state index in [0.29, 0.717) is 0 Å². The van der Waals surface area contributed by atoms with Crippen LogP contribution in [0.25, 0.3) is 0 Å². The van der Waals surface area contributed by atoms with Crippen molar-refractivity contribution in [3.05, 3.63) is 6.92 Å². The van der Waals surface area contributed by atoms with Gasteiger partial charge in [-0.3, -0.25) is 0 Å². The van der Waals surface area contributed by atoms with Crippen LogP contribution >= 0.6 is 8.25 Å². The first-order valence-corrected chi connectivity index (χ1v) is 3.85. The van der Waals surface area contributed by atoms with Crippen LogP contribution in [0.15, 0.2) is 0 Å². The first-order chi connectivity index (χ1) is 4.15. The molecule has 3 nitrogen and oxygen atoms in total. The third-order valence-corrected chi connectivity index (χ3v) is 0.604. The molecule has 0 aliphatic rings. The van der Waals surface area contributed by atoms with E-state index in [4.69, 9.17) is 14.4 Å². The van der Waals surface area contributed by atoms with Crippen molar-refractivity contribution in [3.8, 4) is 0 Å². The Balaban J connectivity index is -0.0000000910. The molecule has 0 amide bonds. The molecule has 0 saturated heterocycles. The van der Waals surface area contributed by atoms with Gasteiger partial charge in [-0.05, 0) is 0 Å². The molecule has 0 atom stereocenters. The van der Waals surface area contributed by atoms with Crippen LogP contribution in [0.4, 0.5) is 0 Å². The number of hydrogen-bond donors (Lipinski definition) is 0. The molecule has 0 fully saturated rings. The van der Waals surface area contributed by atoms with Crippen LogP contribution in [0, 0.1) is 47.8 Å². The summed E-state index contributed by atoms with van der Waals surface area (Å²) in [6, 6.07) is 0. The molecular formula is C5H11NdO3P+. The van der Waals surface area contributed by atoms with Crippen molar-refractivity contribution in [2.45, 2.75) is 26.2 Å². The Morgan fingerprint density at radius 3 is 1.80 bits per heavy atom. The maximum atomic E-state index is 8.48. The first kappa shape index (κ1) is 17.5. The fraction of sp³-hybridized carbons (Fsp3) is 0.800. The Kier molecular flexibility index (Phi) is 29.3. The molecule has 0 saturated carbocycles. The van der Waals surface area contributed by atoms with Crippen LogP contribution in [0.2, 0.25) is 0 Å². The third kappa shape index (κ3) is 57.8. The van der Waals surface area contributed by atoms with Gasteiger partial charge in [-0.25, -0.2) is 0 Å². The topological polar surface area (TPSA) is 63.2 Å². The monoisotopic (exact) mass is 292 g/mol. The van der Waals surface area contributed by atoms with Gasteiger partial charge in [0.2, 0.25) is 0 Å². The van der Waals surface area contributed by atoms with Gasteiger partial charge in [0.1, 0.15) is 0 Å². The predicted molar refractivity (Wildman–Crippen MR) is 32.5 cm³/mol. The van der Waals surface area contributed by atoms with Gasteiger partial charge in [0.05, 0.1) is 0 Å². The van der Waals surface area contributed by atoms with E-state index in [1.165, 1.54) is 12.8 Å². The smallest absolute Gasteiger partial charge is 0.598 e. The summed E-state index contributed by atoms with van der Waals surface area (Å²) in [4.78, 5) is 17.0. The molecule has 1 radical (unpaired) electrons. The molecule has 0 aromatic rings. The maximum absolute atomic E-state index is 8.48. The number of hydrogen-bond acceptors (Lipinski definition) is 3. The van der Waals surface area contributed by atoms with Crippen molar-refractivity contribution in [3.63, 3.8) is 0 Å². The average molecular weight is 294 g/mol. The minimum absolute atomic E-state index is 0. The molecule has 0 aromatic carbocycles. The SMILES string of the molecule is O=[P+]([O-])[O-].[CH2-]CCCC.[Nd+3]. The summed E-state index contributed by atoms with van der Waals surface area (Å²) in [5.74, 6) is 0. The molecule has 0 aliphatic heterocycles. The van der Waals surface area contributed by atoms with Crippen molar-refractivity contribution < 1.29 is 55.2 Å². The molecule has 57 valence electrons. The molecule has 0 N–H and O–H groups in total. The fourth-order valence-electron chi connectivity index (χ4n) is 0.250. The van der Waals surface area contributed by atoms with Crippen LogP contribution < -0.4 is 9.79 Å². The van der Waals surface area contributed by atoms with Crippen LogP contribution in [0.3, 0.4) is 0 Å². The largest absolute Gasteiger partial charge is 3.00 e. The molecular weight excluding hydrogens is 283 g/mol. The van der Waals surface area contributed by atoms with Gasteiger partial charge in [-0.2, -0.15) is 6.42 Å². The Labute approximate surface area is 95.7 Å². The zero-order valence-corrected chi connectivity index (χ0v) is 10.1. The summed E-state index contributed by atoms with van der Waals surface area (Å²) in [5, 5.41) is 0. The number of unbranched alkanes of at least 4 members (excludes halogenated alkanes) is 2. The molecule has 0 rings (SSSR count). The van der Waals surface area contributed by atoms with Crippen molar-refractivity contribution in [2.75, 3.05) is 0 Å². The zero-order chi connectivity index (χ0) is 7.70. The molecule has 0 unspecified atom stereocenters. The third-order valence-electron chi connectivity index (χ3n) is 0.604. The molecule has 0 aromatic heterocycles. The van der Waals surface area contributed by atoms with E-state index < -0.39 is 8.25 Å². The number of rotatable bonds is 2. The van der Waals surface area contributed by atoms with Crippen LogP contribution in [-0.4, -0.2) is 0 Å². The standard InChI is InChI=1S/C5H11.Nd.HO3P/c1-3-5-4-2;;1-4(2)3/h1,3-5H2,2H3;;(H,1,2,3)/q-1;+3;/p-1. The molecule has 10 heavy (non-hydrogen) atoms. The van der Waals surface area contributed by atoms with Crippen LogP contribution in [0.1, 0.15) is 26.2 Å². The molecule has 0 bridgehead atoms. The van der Waals surface area contributed by atoms with Crippen molar-refractivity contribution in [1.29, 1.82) is 0 Å². The van der Waals surface area contributed by atoms with Gasteiger partial charge in [0.25, 0.3) is 8.25 Å². The maximum Gasteiger partial charge on any atom is 3.00 e. The summed E-state index contributed by atoms with van der Waals surface area (Å²) >= 11 is 0. The Morgan fingerprint density at radius 2 is 1.80 bits per heavy atom. The van der Waals surface area contributed by atoms with E-state index in [0.717, 1.165) is 6.42 Å². The van der Waals surface area contributed by atoms with Crippen molar-refractivity contribution >= 4 is 8.25 Å². The summed E-state index contributed by atoms with van der Waals surface area (Å²) in [6.07, 6.45) is 3.65. The molecule has 0 heterocycles. The zero-order valence-electron chi connectivity index (χ0n) is 6.00. The first-order valence-electron chi connectivity index (χ1n) is 2.75. The Morgan fingerprint density at radius 1 is 1.50 bits per heavy atom. The second kappa shape index (κ2) is 16.8. The van der Waals surface area contributed by atoms with E-state index in [-0.39, 0.29) is 40.8 Å². The van der Waals surface area contributed by atoms with E-state index in [1.807, 2.05) is 0 Å². The second-order valence-electron chi connectivity index (χ2n) is 1.43. The summed E-state index contributed by atoms with van der Waals surface area (Å²) in [7, 11) is -3.37. The predicted octanol–water partition coefficient (Wildman–Crippen LogP) is 0.375. The minimum atomic E-state index is -3.37. The summed E-state index contributed by atoms with van der Waals surface area (Å²) in [6.45, 7) is 5.85. The van der Waals surface area contributed by atoms with Crippen LogP contribution in [-0.2, 0) is 4.57 Å². The van der Waals surface area contributed by atoms with Gasteiger partial charge in [-0.1, -0.05) is 24.3 Å². The minimum Gasteiger partial charge on any atom is -0.598 e. The second-order valence-corrected chi connectivity index (χ2v) is 1.88. The fourth-order valence-corrected chi connectivity index (χ4v) is 0.250. The Hall–Kier alpha value is 1.37. The van der Waals surface area contributed by atoms with Gasteiger partial charge < -0.3 is 16.7 Å². The van der Waals surface area contributed by atoms with E-state index in [1.54, 1.807) is 0 Å². The van der Waals surface area contributed by atoms with Gasteiger partial charge in [0, 0.05) is 0 Å². The Bertz CT molecular complexity index is 63.9. The van der Waals surface area contributed by atoms with E-state index in [9.17, 15) is 0 Å². The van der Waals surface area contributed by atoms with Gasteiger partial charge in [-0.15, -0.1) is 0 Å². The van der Waals surface area contributed by atoms with E-state index >= 15 is 0 Å². The average Bonchev–Trinajstić information content (AvgIpc) is 1.66. The van der Waals surface area contributed by atoms with Crippen LogP contribution in [0.5, 0.6) is 0 Å². The molecule has 0 spiro atoms. The normalized spacial score (nSPS) is 6.80. The summed E-state index contributed by atoms with van der Waals surface area (Å²) < 4.78 is 8.48. The van der Waals surface area contributed by atoms with E-state index in [2.05, 4.69) is 13.8 Å². The van der Waals surface area contributed by atoms with Gasteiger partial charge in [0.15, 0.2) is 0 Å². The summed E-state index contributed by atoms with van der Waals surface area (Å²) in [5.41, 5.74) is 0.